The third kappa shape index (κ3) is 2.39. The minimum atomic E-state index is 0.660. The summed E-state index contributed by atoms with van der Waals surface area (Å²) in [7, 11) is 1.73. The van der Waals surface area contributed by atoms with Crippen LogP contribution in [0.25, 0.3) is 0 Å². The summed E-state index contributed by atoms with van der Waals surface area (Å²) in [5, 5.41) is 2.75. The molecule has 1 N–H and O–H groups in total. The van der Waals surface area contributed by atoms with Crippen LogP contribution in [0.5, 0.6) is 0 Å². The molecule has 0 aromatic heterocycles. The van der Waals surface area contributed by atoms with Gasteiger partial charge in [0.15, 0.2) is 6.29 Å². The van der Waals surface area contributed by atoms with Crippen molar-refractivity contribution in [1.82, 2.24) is 5.32 Å². The van der Waals surface area contributed by atoms with Crippen molar-refractivity contribution in [3.8, 4) is 0 Å². The number of carbonyl (C=O) groups excluding carboxylic acids is 1. The van der Waals surface area contributed by atoms with Crippen molar-refractivity contribution in [3.63, 3.8) is 0 Å². The first-order chi connectivity index (χ1) is 3.85. The number of allylic oxidation sites excluding steroid dienone is 2. The third-order valence-corrected chi connectivity index (χ3v) is 0.840. The van der Waals surface area contributed by atoms with Crippen LogP contribution in [0.3, 0.4) is 0 Å². The Morgan fingerprint density at radius 2 is 2.38 bits per heavy atom. The smallest absolute Gasteiger partial charge is 0.165 e. The predicted octanol–water partition coefficient (Wildman–Crippen LogP) is 0.699. The van der Waals surface area contributed by atoms with Gasteiger partial charge in [-0.15, -0.1) is 0 Å². The maximum atomic E-state index is 10.00. The molecular formula is C6H11NO. The molecule has 8 heavy (non-hydrogen) atoms. The van der Waals surface area contributed by atoms with Crippen LogP contribution in [-0.4, -0.2) is 13.3 Å². The number of nitrogens with one attached hydrogen (secondary N) is 1. The molecule has 0 fully saturated rings. The summed E-state index contributed by atoms with van der Waals surface area (Å²) in [6, 6.07) is 0. The van der Waals surface area contributed by atoms with E-state index in [1.165, 1.54) is 0 Å². The maximum absolute atomic E-state index is 10.00. The number of hydrogen-bond donors (Lipinski definition) is 1. The molecule has 2 heteroatoms. The Morgan fingerprint density at radius 3 is 2.50 bits per heavy atom. The Hall–Kier alpha value is -0.790. The molecule has 0 saturated heterocycles. The van der Waals surface area contributed by atoms with Crippen LogP contribution in [0.15, 0.2) is 11.8 Å². The summed E-state index contributed by atoms with van der Waals surface area (Å²) in [5.74, 6) is 0. The van der Waals surface area contributed by atoms with E-state index in [1.807, 2.05) is 13.0 Å². The average Bonchev–Trinajstić information content (AvgIpc) is 1.83. The molecule has 0 spiro atoms. The van der Waals surface area contributed by atoms with Crippen LogP contribution < -0.4 is 5.32 Å². The molecule has 0 bridgehead atoms. The molecule has 0 radical (unpaired) electrons. The van der Waals surface area contributed by atoms with Gasteiger partial charge < -0.3 is 5.32 Å². The third-order valence-electron chi connectivity index (χ3n) is 0.840. The Balaban J connectivity index is 3.66. The van der Waals surface area contributed by atoms with E-state index in [4.69, 9.17) is 0 Å². The van der Waals surface area contributed by atoms with Gasteiger partial charge in [-0.3, -0.25) is 4.79 Å². The van der Waals surface area contributed by atoms with Crippen molar-refractivity contribution >= 4 is 6.29 Å². The molecule has 0 rings (SSSR count). The first-order valence-electron chi connectivity index (χ1n) is 2.68. The highest BCUT2D eigenvalue weighted by molar-refractivity contribution is 5.71. The summed E-state index contributed by atoms with van der Waals surface area (Å²) >= 11 is 0. The second-order valence-corrected chi connectivity index (χ2v) is 1.44. The van der Waals surface area contributed by atoms with E-state index in [9.17, 15) is 4.79 Å². The number of carbonyl (C=O) groups is 1. The fraction of sp³-hybridized carbons (Fsp3) is 0.500. The van der Waals surface area contributed by atoms with E-state index >= 15 is 0 Å². The monoisotopic (exact) mass is 113 g/mol. The largest absolute Gasteiger partial charge is 0.386 e. The molecule has 0 heterocycles. The zero-order valence-corrected chi connectivity index (χ0v) is 5.27. The molecule has 2 nitrogen and oxygen atoms in total. The van der Waals surface area contributed by atoms with Crippen LogP contribution in [0.4, 0.5) is 0 Å². The topological polar surface area (TPSA) is 29.1 Å². The lowest BCUT2D eigenvalue weighted by atomic mass is 10.4. The van der Waals surface area contributed by atoms with Crippen molar-refractivity contribution in [2.24, 2.45) is 0 Å². The molecule has 0 aromatic rings. The van der Waals surface area contributed by atoms with Crippen LogP contribution in [0.1, 0.15) is 13.3 Å². The first-order valence-corrected chi connectivity index (χ1v) is 2.68. The van der Waals surface area contributed by atoms with Gasteiger partial charge in [0.2, 0.25) is 0 Å². The molecule has 0 unspecified atom stereocenters. The number of aldehydes is 1. The Morgan fingerprint density at radius 1 is 1.75 bits per heavy atom. The number of rotatable bonds is 3. The van der Waals surface area contributed by atoms with E-state index in [-0.39, 0.29) is 0 Å². The lowest BCUT2D eigenvalue weighted by Gasteiger charge is -1.92. The number of hydrogen-bond acceptors (Lipinski definition) is 2. The summed E-state index contributed by atoms with van der Waals surface area (Å²) in [4.78, 5) is 10.00. The highest BCUT2D eigenvalue weighted by Gasteiger charge is 1.83. The normalized spacial score (nSPS) is 11.0. The fourth-order valence-corrected chi connectivity index (χ4v) is 0.429. The van der Waals surface area contributed by atoms with Crippen molar-refractivity contribution in [1.29, 1.82) is 0 Å². The van der Waals surface area contributed by atoms with Crippen molar-refractivity contribution in [2.75, 3.05) is 7.05 Å². The zero-order chi connectivity index (χ0) is 6.41. The van der Waals surface area contributed by atoms with Gasteiger partial charge in [-0.05, 0) is 6.42 Å². The van der Waals surface area contributed by atoms with Gasteiger partial charge >= 0.3 is 0 Å². The quantitative estimate of drug-likeness (QED) is 0.431. The first kappa shape index (κ1) is 7.21. The summed E-state index contributed by atoms with van der Waals surface area (Å²) in [5.41, 5.74) is 0.660. The maximum Gasteiger partial charge on any atom is 0.165 e. The van der Waals surface area contributed by atoms with Gasteiger partial charge in [-0.25, -0.2) is 0 Å². The van der Waals surface area contributed by atoms with E-state index in [1.54, 1.807) is 7.05 Å². The van der Waals surface area contributed by atoms with E-state index in [2.05, 4.69) is 5.32 Å². The van der Waals surface area contributed by atoms with Crippen LogP contribution in [-0.2, 0) is 4.79 Å². The van der Waals surface area contributed by atoms with Gasteiger partial charge in [-0.2, -0.15) is 0 Å². The van der Waals surface area contributed by atoms with Crippen molar-refractivity contribution < 1.29 is 4.79 Å². The lowest BCUT2D eigenvalue weighted by molar-refractivity contribution is -0.105. The van der Waals surface area contributed by atoms with E-state index in [0.717, 1.165) is 12.7 Å². The van der Waals surface area contributed by atoms with Crippen molar-refractivity contribution in [3.05, 3.63) is 11.8 Å². The minimum Gasteiger partial charge on any atom is -0.386 e. The van der Waals surface area contributed by atoms with E-state index in [0.29, 0.717) is 5.70 Å². The van der Waals surface area contributed by atoms with Crippen molar-refractivity contribution in [2.45, 2.75) is 13.3 Å². The van der Waals surface area contributed by atoms with Crippen LogP contribution in [0, 0.1) is 0 Å². The second-order valence-electron chi connectivity index (χ2n) is 1.44. The second kappa shape index (κ2) is 4.37. The molecule has 0 aromatic carbocycles. The Kier molecular flexibility index (Phi) is 3.94. The Labute approximate surface area is 49.6 Å². The molecule has 0 atom stereocenters. The molecule has 0 amide bonds. The number of likely N-dealkylation sites (N-methyl/N-ethyl adjacent to an activating group) is 1. The van der Waals surface area contributed by atoms with Crippen LogP contribution in [0.2, 0.25) is 0 Å². The van der Waals surface area contributed by atoms with Gasteiger partial charge in [0.05, 0.1) is 5.70 Å². The Bertz CT molecular complexity index is 96.7. The molecule has 46 valence electrons. The lowest BCUT2D eigenvalue weighted by Crippen LogP contribution is -2.05. The predicted molar refractivity (Wildman–Crippen MR) is 33.5 cm³/mol. The summed E-state index contributed by atoms with van der Waals surface area (Å²) in [6.07, 6.45) is 3.55. The summed E-state index contributed by atoms with van der Waals surface area (Å²) < 4.78 is 0. The molecule has 0 saturated carbocycles. The highest BCUT2D eigenvalue weighted by Crippen LogP contribution is 1.84. The minimum absolute atomic E-state index is 0.660. The van der Waals surface area contributed by atoms with Gasteiger partial charge in [0.25, 0.3) is 0 Å². The molecule has 0 aliphatic rings. The SMILES string of the molecule is CC/C=C(/C=O)NC. The standard InChI is InChI=1S/C6H11NO/c1-3-4-6(5-8)7-2/h4-5,7H,3H2,1-2H3/b6-4-. The highest BCUT2D eigenvalue weighted by atomic mass is 16.1. The van der Waals surface area contributed by atoms with E-state index < -0.39 is 0 Å². The molecule has 0 aliphatic heterocycles. The average molecular weight is 113 g/mol. The molecular weight excluding hydrogens is 102 g/mol. The zero-order valence-electron chi connectivity index (χ0n) is 5.27. The van der Waals surface area contributed by atoms with Crippen LogP contribution >= 0.6 is 0 Å². The summed E-state index contributed by atoms with van der Waals surface area (Å²) in [6.45, 7) is 1.99. The van der Waals surface area contributed by atoms with Gasteiger partial charge in [0, 0.05) is 7.05 Å². The fourth-order valence-electron chi connectivity index (χ4n) is 0.429. The molecule has 0 aliphatic carbocycles. The van der Waals surface area contributed by atoms with Gasteiger partial charge in [-0.1, -0.05) is 13.0 Å². The van der Waals surface area contributed by atoms with Gasteiger partial charge in [0.1, 0.15) is 0 Å².